The summed E-state index contributed by atoms with van der Waals surface area (Å²) in [6.07, 6.45) is -2.80. The largest absolute Gasteiger partial charge is 0.493 e. The zero-order valence-electron chi connectivity index (χ0n) is 17.8. The molecule has 1 unspecified atom stereocenters. The Morgan fingerprint density at radius 2 is 2.00 bits per heavy atom. The van der Waals surface area contributed by atoms with E-state index in [-0.39, 0.29) is 54.9 Å². The number of rotatable bonds is 11. The van der Waals surface area contributed by atoms with Crippen molar-refractivity contribution in [3.63, 3.8) is 0 Å². The molecule has 0 bridgehead atoms. The molecule has 172 valence electrons. The molecule has 10 heteroatoms. The van der Waals surface area contributed by atoms with Gasteiger partial charge in [0.1, 0.15) is 5.75 Å². The van der Waals surface area contributed by atoms with Crippen LogP contribution in [0.15, 0.2) is 16.7 Å². The molecule has 31 heavy (non-hydrogen) atoms. The highest BCUT2D eigenvalue weighted by Gasteiger charge is 2.37. The van der Waals surface area contributed by atoms with Gasteiger partial charge in [-0.25, -0.2) is 0 Å². The lowest BCUT2D eigenvalue weighted by molar-refractivity contribution is -0.144. The lowest BCUT2D eigenvalue weighted by atomic mass is 10.0. The highest BCUT2D eigenvalue weighted by atomic mass is 19.4. The maximum Gasteiger partial charge on any atom is 0.437 e. The number of nitrogens with one attached hydrogen (secondary N) is 1. The summed E-state index contributed by atoms with van der Waals surface area (Å²) in [5, 5.41) is 5.81. The molecule has 0 spiro atoms. The van der Waals surface area contributed by atoms with Gasteiger partial charge in [-0.3, -0.25) is 9.59 Å². The molecule has 0 fully saturated rings. The quantitative estimate of drug-likeness (QED) is 0.408. The van der Waals surface area contributed by atoms with Crippen LogP contribution < -0.4 is 10.1 Å². The van der Waals surface area contributed by atoms with Crippen LogP contribution in [0.25, 0.3) is 11.0 Å². The van der Waals surface area contributed by atoms with Crippen LogP contribution in [-0.2, 0) is 26.9 Å². The summed E-state index contributed by atoms with van der Waals surface area (Å²) >= 11 is 0. The fourth-order valence-corrected chi connectivity index (χ4v) is 3.15. The number of hydrogen-bond acceptors (Lipinski definition) is 6. The van der Waals surface area contributed by atoms with E-state index in [1.807, 2.05) is 6.92 Å². The third kappa shape index (κ3) is 6.86. The van der Waals surface area contributed by atoms with Gasteiger partial charge < -0.3 is 19.3 Å². The summed E-state index contributed by atoms with van der Waals surface area (Å²) in [6, 6.07) is 2.41. The number of hydrogen-bond donors (Lipinski definition) is 1. The van der Waals surface area contributed by atoms with E-state index in [2.05, 4.69) is 10.5 Å². The molecular weight excluding hydrogens is 417 g/mol. The van der Waals surface area contributed by atoms with Gasteiger partial charge in [-0.15, -0.1) is 0 Å². The van der Waals surface area contributed by atoms with Crippen LogP contribution in [0.2, 0.25) is 0 Å². The van der Waals surface area contributed by atoms with E-state index in [1.54, 1.807) is 13.8 Å². The third-order valence-electron chi connectivity index (χ3n) is 4.46. The van der Waals surface area contributed by atoms with Crippen LogP contribution in [0.4, 0.5) is 13.2 Å². The van der Waals surface area contributed by atoms with Gasteiger partial charge in [-0.05, 0) is 38.8 Å². The number of ether oxygens (including phenoxy) is 2. The molecule has 1 aromatic heterocycles. The van der Waals surface area contributed by atoms with Crippen molar-refractivity contribution in [2.45, 2.75) is 65.1 Å². The lowest BCUT2D eigenvalue weighted by Crippen LogP contribution is -2.34. The minimum Gasteiger partial charge on any atom is -0.493 e. The predicted octanol–water partition coefficient (Wildman–Crippen LogP) is 4.42. The first-order valence-electron chi connectivity index (χ1n) is 10.2. The van der Waals surface area contributed by atoms with Crippen molar-refractivity contribution < 1.29 is 36.8 Å². The van der Waals surface area contributed by atoms with Gasteiger partial charge in [0.05, 0.1) is 25.0 Å². The van der Waals surface area contributed by atoms with Crippen molar-refractivity contribution >= 4 is 22.8 Å². The van der Waals surface area contributed by atoms with Gasteiger partial charge in [0.15, 0.2) is 11.3 Å². The summed E-state index contributed by atoms with van der Waals surface area (Å²) in [5.74, 6) is -0.191. The molecule has 1 heterocycles. The average Bonchev–Trinajstić information content (AvgIpc) is 3.11. The summed E-state index contributed by atoms with van der Waals surface area (Å²) in [7, 11) is 0. The van der Waals surface area contributed by atoms with Gasteiger partial charge >= 0.3 is 12.1 Å². The number of aryl methyl sites for hydroxylation is 1. The van der Waals surface area contributed by atoms with E-state index in [4.69, 9.17) is 14.0 Å². The second-order valence-corrected chi connectivity index (χ2v) is 7.13. The number of benzene rings is 1. The van der Waals surface area contributed by atoms with Crippen LogP contribution >= 0.6 is 0 Å². The highest BCUT2D eigenvalue weighted by molar-refractivity contribution is 5.85. The first-order chi connectivity index (χ1) is 14.7. The van der Waals surface area contributed by atoms with Crippen LogP contribution in [0.1, 0.15) is 57.7 Å². The van der Waals surface area contributed by atoms with Gasteiger partial charge in [-0.2, -0.15) is 13.2 Å². The summed E-state index contributed by atoms with van der Waals surface area (Å²) < 4.78 is 54.8. The van der Waals surface area contributed by atoms with Gasteiger partial charge in [0.25, 0.3) is 0 Å². The Morgan fingerprint density at radius 1 is 1.26 bits per heavy atom. The molecule has 7 nitrogen and oxygen atoms in total. The van der Waals surface area contributed by atoms with E-state index >= 15 is 0 Å². The van der Waals surface area contributed by atoms with Crippen molar-refractivity contribution in [3.05, 3.63) is 23.4 Å². The Hall–Kier alpha value is -2.78. The molecule has 0 aliphatic heterocycles. The van der Waals surface area contributed by atoms with Crippen molar-refractivity contribution in [2.24, 2.45) is 0 Å². The molecule has 1 N–H and O–H groups in total. The van der Waals surface area contributed by atoms with Crippen LogP contribution in [0.3, 0.4) is 0 Å². The number of halogens is 3. The van der Waals surface area contributed by atoms with Crippen molar-refractivity contribution in [2.75, 3.05) is 13.2 Å². The maximum atomic E-state index is 13.1. The van der Waals surface area contributed by atoms with E-state index in [1.165, 1.54) is 12.1 Å². The van der Waals surface area contributed by atoms with Crippen molar-refractivity contribution in [1.29, 1.82) is 0 Å². The first-order valence-corrected chi connectivity index (χ1v) is 10.2. The smallest absolute Gasteiger partial charge is 0.437 e. The highest BCUT2D eigenvalue weighted by Crippen LogP contribution is 2.38. The normalized spacial score (nSPS) is 12.6. The fraction of sp³-hybridized carbons (Fsp3) is 0.571. The molecule has 0 aliphatic rings. The molecule has 1 amide bonds. The summed E-state index contributed by atoms with van der Waals surface area (Å²) in [4.78, 5) is 23.4. The Labute approximate surface area is 178 Å². The SMILES string of the molecule is CCCc1c(OCCCC(=O)NC(C)CC(=O)OCC)ccc2c(C(F)(F)F)noc12. The zero-order valence-corrected chi connectivity index (χ0v) is 17.8. The number of carbonyl (C=O) groups is 2. The fourth-order valence-electron chi connectivity index (χ4n) is 3.15. The topological polar surface area (TPSA) is 90.7 Å². The Morgan fingerprint density at radius 3 is 2.65 bits per heavy atom. The van der Waals surface area contributed by atoms with E-state index in [0.717, 1.165) is 0 Å². The number of fused-ring (bicyclic) bond motifs is 1. The monoisotopic (exact) mass is 444 g/mol. The summed E-state index contributed by atoms with van der Waals surface area (Å²) in [5.41, 5.74) is -0.465. The molecule has 0 saturated carbocycles. The molecule has 0 saturated heterocycles. The Kier molecular flexibility index (Phi) is 8.70. The minimum absolute atomic E-state index is 0.0669. The summed E-state index contributed by atoms with van der Waals surface area (Å²) in [6.45, 7) is 5.80. The second kappa shape index (κ2) is 11.0. The maximum absolute atomic E-state index is 13.1. The third-order valence-corrected chi connectivity index (χ3v) is 4.46. The first kappa shape index (κ1) is 24.5. The van der Waals surface area contributed by atoms with E-state index < -0.39 is 11.9 Å². The van der Waals surface area contributed by atoms with Crippen LogP contribution in [0.5, 0.6) is 5.75 Å². The number of amides is 1. The van der Waals surface area contributed by atoms with E-state index in [0.29, 0.717) is 30.6 Å². The number of alkyl halides is 3. The van der Waals surface area contributed by atoms with Gasteiger partial charge in [0, 0.05) is 18.0 Å². The Balaban J connectivity index is 1.93. The molecule has 1 aromatic carbocycles. The molecule has 2 rings (SSSR count). The van der Waals surface area contributed by atoms with Crippen molar-refractivity contribution in [3.8, 4) is 5.75 Å². The second-order valence-electron chi connectivity index (χ2n) is 7.13. The number of aromatic nitrogens is 1. The van der Waals surface area contributed by atoms with Gasteiger partial charge in [-0.1, -0.05) is 18.5 Å². The standard InChI is InChI=1S/C21H27F3N2O5/c1-4-7-14-16(10-9-15-19(14)31-26-20(15)21(22,23)24)30-11-6-8-17(27)25-13(3)12-18(28)29-5-2/h9-10,13H,4-8,11-12H2,1-3H3,(H,25,27). The zero-order chi connectivity index (χ0) is 23.0. The average molecular weight is 444 g/mol. The molecule has 0 radical (unpaired) electrons. The Bertz CT molecular complexity index is 895. The number of carbonyl (C=O) groups excluding carboxylic acids is 2. The van der Waals surface area contributed by atoms with Gasteiger partial charge in [0.2, 0.25) is 5.91 Å². The number of nitrogens with zero attached hydrogens (tertiary/aromatic N) is 1. The van der Waals surface area contributed by atoms with Crippen LogP contribution in [0, 0.1) is 0 Å². The van der Waals surface area contributed by atoms with Crippen LogP contribution in [-0.4, -0.2) is 36.3 Å². The molecule has 2 aromatic rings. The molecular formula is C21H27F3N2O5. The minimum atomic E-state index is -4.60. The number of esters is 1. The molecule has 0 aliphatic carbocycles. The van der Waals surface area contributed by atoms with E-state index in [9.17, 15) is 22.8 Å². The lowest BCUT2D eigenvalue weighted by Gasteiger charge is -2.14. The van der Waals surface area contributed by atoms with Crippen molar-refractivity contribution in [1.82, 2.24) is 10.5 Å². The molecule has 1 atom stereocenters. The predicted molar refractivity (Wildman–Crippen MR) is 107 cm³/mol.